The second kappa shape index (κ2) is 4.55. The SMILES string of the molecule is COc1cccc(C[C@]2(C(=O)O)C[C@H]3CC[C@@H]2C3)c1. The molecule has 2 aliphatic rings. The molecule has 2 saturated carbocycles. The largest absolute Gasteiger partial charge is 0.497 e. The smallest absolute Gasteiger partial charge is 0.310 e. The first kappa shape index (κ1) is 12.5. The van der Waals surface area contributed by atoms with Crippen molar-refractivity contribution in [2.24, 2.45) is 17.3 Å². The standard InChI is InChI=1S/C16H20O3/c1-19-14-4-2-3-11(8-14)9-16(15(17)18)10-12-5-6-13(16)7-12/h2-4,8,12-13H,5-7,9-10H2,1H3,(H,17,18)/t12-,13+,16-/m0/s1. The molecule has 2 fully saturated rings. The maximum Gasteiger partial charge on any atom is 0.310 e. The van der Waals surface area contributed by atoms with Gasteiger partial charge in [0.1, 0.15) is 5.75 Å². The van der Waals surface area contributed by atoms with Crippen LogP contribution in [0.1, 0.15) is 31.2 Å². The van der Waals surface area contributed by atoms with E-state index in [2.05, 4.69) is 0 Å². The minimum absolute atomic E-state index is 0.362. The van der Waals surface area contributed by atoms with Crippen LogP contribution in [-0.2, 0) is 11.2 Å². The summed E-state index contributed by atoms with van der Waals surface area (Å²) < 4.78 is 5.23. The second-order valence-corrected chi connectivity index (χ2v) is 6.07. The Labute approximate surface area is 113 Å². The number of carbonyl (C=O) groups is 1. The van der Waals surface area contributed by atoms with Gasteiger partial charge < -0.3 is 9.84 Å². The van der Waals surface area contributed by atoms with Gasteiger partial charge in [0.05, 0.1) is 12.5 Å². The zero-order valence-corrected chi connectivity index (χ0v) is 11.3. The molecule has 0 radical (unpaired) electrons. The van der Waals surface area contributed by atoms with Gasteiger partial charge in [-0.1, -0.05) is 18.6 Å². The highest BCUT2D eigenvalue weighted by Crippen LogP contribution is 2.57. The van der Waals surface area contributed by atoms with Crippen LogP contribution in [0, 0.1) is 17.3 Å². The highest BCUT2D eigenvalue weighted by atomic mass is 16.5. The molecule has 0 aromatic heterocycles. The number of rotatable bonds is 4. The monoisotopic (exact) mass is 260 g/mol. The lowest BCUT2D eigenvalue weighted by Gasteiger charge is -2.33. The van der Waals surface area contributed by atoms with Crippen molar-refractivity contribution in [3.8, 4) is 5.75 Å². The average molecular weight is 260 g/mol. The van der Waals surface area contributed by atoms with Crippen LogP contribution in [0.3, 0.4) is 0 Å². The van der Waals surface area contributed by atoms with E-state index in [9.17, 15) is 9.90 Å². The average Bonchev–Trinajstić information content (AvgIpc) is 3.00. The number of methoxy groups -OCH3 is 1. The van der Waals surface area contributed by atoms with Gasteiger partial charge in [-0.3, -0.25) is 4.79 Å². The molecule has 102 valence electrons. The van der Waals surface area contributed by atoms with Crippen molar-refractivity contribution in [3.63, 3.8) is 0 Å². The molecule has 2 aliphatic carbocycles. The van der Waals surface area contributed by atoms with Crippen LogP contribution in [0.5, 0.6) is 5.75 Å². The molecule has 0 spiro atoms. The van der Waals surface area contributed by atoms with Crippen molar-refractivity contribution < 1.29 is 14.6 Å². The Kier molecular flexibility index (Phi) is 3.00. The van der Waals surface area contributed by atoms with Crippen LogP contribution in [0.15, 0.2) is 24.3 Å². The molecule has 1 N–H and O–H groups in total. The van der Waals surface area contributed by atoms with Crippen molar-refractivity contribution in [2.45, 2.75) is 32.1 Å². The van der Waals surface area contributed by atoms with Crippen LogP contribution in [0.2, 0.25) is 0 Å². The molecular formula is C16H20O3. The second-order valence-electron chi connectivity index (χ2n) is 6.07. The third-order valence-corrected chi connectivity index (χ3v) is 5.06. The Morgan fingerprint density at radius 2 is 2.32 bits per heavy atom. The van der Waals surface area contributed by atoms with E-state index in [1.165, 1.54) is 6.42 Å². The molecule has 0 saturated heterocycles. The summed E-state index contributed by atoms with van der Waals surface area (Å²) in [5.74, 6) is 1.19. The Morgan fingerprint density at radius 1 is 1.47 bits per heavy atom. The van der Waals surface area contributed by atoms with Crippen molar-refractivity contribution in [3.05, 3.63) is 29.8 Å². The molecule has 3 atom stereocenters. The summed E-state index contributed by atoms with van der Waals surface area (Å²) in [4.78, 5) is 11.8. The van der Waals surface area contributed by atoms with Gasteiger partial charge in [-0.2, -0.15) is 0 Å². The minimum Gasteiger partial charge on any atom is -0.497 e. The van der Waals surface area contributed by atoms with E-state index in [4.69, 9.17) is 4.74 Å². The Morgan fingerprint density at radius 3 is 2.89 bits per heavy atom. The molecule has 2 bridgehead atoms. The van der Waals surface area contributed by atoms with Crippen LogP contribution < -0.4 is 4.74 Å². The van der Waals surface area contributed by atoms with E-state index in [0.717, 1.165) is 30.6 Å². The predicted molar refractivity (Wildman–Crippen MR) is 72.2 cm³/mol. The highest BCUT2D eigenvalue weighted by Gasteiger charge is 2.55. The fourth-order valence-electron chi connectivity index (χ4n) is 4.14. The molecule has 1 aromatic carbocycles. The zero-order chi connectivity index (χ0) is 13.5. The molecule has 19 heavy (non-hydrogen) atoms. The summed E-state index contributed by atoms with van der Waals surface area (Å²) in [7, 11) is 1.64. The summed E-state index contributed by atoms with van der Waals surface area (Å²) in [6.07, 6.45) is 4.90. The van der Waals surface area contributed by atoms with Gasteiger partial charge in [0.25, 0.3) is 0 Å². The maximum atomic E-state index is 11.8. The highest BCUT2D eigenvalue weighted by molar-refractivity contribution is 5.76. The van der Waals surface area contributed by atoms with Crippen molar-refractivity contribution >= 4 is 5.97 Å². The zero-order valence-electron chi connectivity index (χ0n) is 11.3. The lowest BCUT2D eigenvalue weighted by Crippen LogP contribution is -2.38. The number of fused-ring (bicyclic) bond motifs is 2. The number of carboxylic acid groups (broad SMARTS) is 1. The van der Waals surface area contributed by atoms with E-state index in [-0.39, 0.29) is 0 Å². The number of benzene rings is 1. The van der Waals surface area contributed by atoms with E-state index in [0.29, 0.717) is 18.3 Å². The first-order chi connectivity index (χ1) is 9.14. The number of carboxylic acids is 1. The fourth-order valence-corrected chi connectivity index (χ4v) is 4.14. The Bertz CT molecular complexity index is 497. The lowest BCUT2D eigenvalue weighted by molar-refractivity contribution is -0.152. The first-order valence-corrected chi connectivity index (χ1v) is 7.00. The summed E-state index contributed by atoms with van der Waals surface area (Å²) in [5.41, 5.74) is 0.546. The maximum absolute atomic E-state index is 11.8. The van der Waals surface area contributed by atoms with E-state index >= 15 is 0 Å². The number of hydrogen-bond donors (Lipinski definition) is 1. The molecule has 3 nitrogen and oxygen atoms in total. The molecule has 0 heterocycles. The van der Waals surface area contributed by atoms with Crippen molar-refractivity contribution in [2.75, 3.05) is 7.11 Å². The van der Waals surface area contributed by atoms with Crippen LogP contribution in [0.4, 0.5) is 0 Å². The minimum atomic E-state index is -0.609. The third-order valence-electron chi connectivity index (χ3n) is 5.06. The summed E-state index contributed by atoms with van der Waals surface area (Å²) in [6.45, 7) is 0. The lowest BCUT2D eigenvalue weighted by atomic mass is 9.69. The Hall–Kier alpha value is -1.51. The fraction of sp³-hybridized carbons (Fsp3) is 0.562. The van der Waals surface area contributed by atoms with Crippen molar-refractivity contribution in [1.82, 2.24) is 0 Å². The molecule has 3 rings (SSSR count). The van der Waals surface area contributed by atoms with E-state index in [1.54, 1.807) is 7.11 Å². The molecule has 0 unspecified atom stereocenters. The predicted octanol–water partition coefficient (Wildman–Crippen LogP) is 3.13. The first-order valence-electron chi connectivity index (χ1n) is 7.00. The van der Waals surface area contributed by atoms with Gasteiger partial charge in [0.2, 0.25) is 0 Å². The van der Waals surface area contributed by atoms with Crippen LogP contribution >= 0.6 is 0 Å². The number of ether oxygens (including phenoxy) is 1. The van der Waals surface area contributed by atoms with Crippen LogP contribution in [-0.4, -0.2) is 18.2 Å². The quantitative estimate of drug-likeness (QED) is 0.904. The third kappa shape index (κ3) is 2.01. The van der Waals surface area contributed by atoms with Crippen molar-refractivity contribution in [1.29, 1.82) is 0 Å². The van der Waals surface area contributed by atoms with Gasteiger partial charge in [-0.15, -0.1) is 0 Å². The molecular weight excluding hydrogens is 240 g/mol. The summed E-state index contributed by atoms with van der Waals surface area (Å²) >= 11 is 0. The van der Waals surface area contributed by atoms with E-state index in [1.807, 2.05) is 24.3 Å². The summed E-state index contributed by atoms with van der Waals surface area (Å²) in [5, 5.41) is 9.74. The Balaban J connectivity index is 1.88. The van der Waals surface area contributed by atoms with Gasteiger partial charge in [-0.05, 0) is 55.2 Å². The number of aliphatic carboxylic acids is 1. The topological polar surface area (TPSA) is 46.5 Å². The van der Waals surface area contributed by atoms with Gasteiger partial charge in [0, 0.05) is 0 Å². The van der Waals surface area contributed by atoms with E-state index < -0.39 is 11.4 Å². The summed E-state index contributed by atoms with van der Waals surface area (Å²) in [6, 6.07) is 7.82. The molecule has 0 amide bonds. The molecule has 1 aromatic rings. The van der Waals surface area contributed by atoms with Crippen LogP contribution in [0.25, 0.3) is 0 Å². The van der Waals surface area contributed by atoms with Gasteiger partial charge in [0.15, 0.2) is 0 Å². The normalized spacial score (nSPS) is 32.5. The van der Waals surface area contributed by atoms with Gasteiger partial charge >= 0.3 is 5.97 Å². The molecule has 3 heteroatoms. The van der Waals surface area contributed by atoms with Gasteiger partial charge in [-0.25, -0.2) is 0 Å². The number of hydrogen-bond acceptors (Lipinski definition) is 2. The molecule has 0 aliphatic heterocycles.